The first-order valence-corrected chi connectivity index (χ1v) is 13.6. The van der Waals surface area contributed by atoms with Gasteiger partial charge in [0.05, 0.1) is 16.4 Å². The molecule has 0 unspecified atom stereocenters. The van der Waals surface area contributed by atoms with Gasteiger partial charge in [-0.25, -0.2) is 23.4 Å². The fourth-order valence-corrected chi connectivity index (χ4v) is 5.72. The number of carbonyl (C=O) groups is 2. The highest BCUT2D eigenvalue weighted by molar-refractivity contribution is 7.10. The maximum Gasteiger partial charge on any atom is 0.275 e. The van der Waals surface area contributed by atoms with Crippen LogP contribution in [0.3, 0.4) is 0 Å². The van der Waals surface area contributed by atoms with Gasteiger partial charge in [-0.2, -0.15) is 5.10 Å². The summed E-state index contributed by atoms with van der Waals surface area (Å²) in [6, 6.07) is 9.20. The van der Waals surface area contributed by atoms with Gasteiger partial charge < -0.3 is 10.2 Å². The number of halogens is 2. The number of thiazole rings is 1. The van der Waals surface area contributed by atoms with E-state index in [9.17, 15) is 18.4 Å². The van der Waals surface area contributed by atoms with E-state index >= 15 is 0 Å². The maximum absolute atomic E-state index is 13.4. The maximum atomic E-state index is 13.4. The highest BCUT2D eigenvalue weighted by Gasteiger charge is 2.26. The molecule has 0 radical (unpaired) electrons. The zero-order valence-corrected chi connectivity index (χ0v) is 22.5. The first-order valence-electron chi connectivity index (χ1n) is 12.8. The molecule has 202 valence electrons. The second kappa shape index (κ2) is 11.4. The highest BCUT2D eigenvalue weighted by atomic mass is 32.1. The van der Waals surface area contributed by atoms with Gasteiger partial charge in [0.1, 0.15) is 5.69 Å². The standard InChI is InChI=1S/C28H28F2N6O2S/c1-17-14-18(2)36(34-17)26-23(4-3-11-31-26)32-27(38)24-16-39-28(33-24)20-9-12-35(13-10-20)25(37)8-6-19-5-7-21(29)22(30)15-19/h3-5,7,11,14-16,20H,6,8-10,12-13H2,1-2H3,(H,32,38). The van der Waals surface area contributed by atoms with E-state index in [0.29, 0.717) is 42.3 Å². The third-order valence-corrected chi connectivity index (χ3v) is 7.82. The van der Waals surface area contributed by atoms with Gasteiger partial charge in [-0.3, -0.25) is 9.59 Å². The van der Waals surface area contributed by atoms with Crippen molar-refractivity contribution in [3.63, 3.8) is 0 Å². The number of nitrogens with zero attached hydrogens (tertiary/aromatic N) is 5. The first-order chi connectivity index (χ1) is 18.8. The van der Waals surface area contributed by atoms with Crippen molar-refractivity contribution < 1.29 is 18.4 Å². The van der Waals surface area contributed by atoms with E-state index in [1.54, 1.807) is 33.3 Å². The van der Waals surface area contributed by atoms with Gasteiger partial charge in [-0.05, 0) is 69.0 Å². The Morgan fingerprint density at radius 2 is 1.90 bits per heavy atom. The van der Waals surface area contributed by atoms with Gasteiger partial charge in [-0.1, -0.05) is 6.07 Å². The number of pyridine rings is 1. The van der Waals surface area contributed by atoms with Crippen LogP contribution in [0.1, 0.15) is 57.6 Å². The minimum Gasteiger partial charge on any atom is -0.343 e. The summed E-state index contributed by atoms with van der Waals surface area (Å²) >= 11 is 1.45. The van der Waals surface area contributed by atoms with E-state index in [4.69, 9.17) is 0 Å². The topological polar surface area (TPSA) is 93.0 Å². The SMILES string of the molecule is Cc1cc(C)n(-c2ncccc2NC(=O)c2csc(C3CCN(C(=O)CCc4ccc(F)c(F)c4)CC3)n2)n1. The molecule has 1 aliphatic heterocycles. The van der Waals surface area contributed by atoms with Crippen LogP contribution in [-0.4, -0.2) is 49.6 Å². The Labute approximate surface area is 228 Å². The number of hydrogen-bond donors (Lipinski definition) is 1. The van der Waals surface area contributed by atoms with E-state index in [1.165, 1.54) is 17.4 Å². The molecule has 1 fully saturated rings. The minimum absolute atomic E-state index is 0.00715. The smallest absolute Gasteiger partial charge is 0.275 e. The van der Waals surface area contributed by atoms with Crippen molar-refractivity contribution in [2.24, 2.45) is 0 Å². The Hall–Kier alpha value is -3.99. The van der Waals surface area contributed by atoms with E-state index in [2.05, 4.69) is 20.4 Å². The number of carbonyl (C=O) groups excluding carboxylic acids is 2. The molecular weight excluding hydrogens is 522 g/mol. The van der Waals surface area contributed by atoms with Crippen LogP contribution in [0.4, 0.5) is 14.5 Å². The largest absolute Gasteiger partial charge is 0.343 e. The zero-order valence-electron chi connectivity index (χ0n) is 21.7. The van der Waals surface area contributed by atoms with Gasteiger partial charge in [-0.15, -0.1) is 11.3 Å². The molecule has 11 heteroatoms. The fourth-order valence-electron chi connectivity index (χ4n) is 4.75. The van der Waals surface area contributed by atoms with Crippen LogP contribution in [0, 0.1) is 25.5 Å². The van der Waals surface area contributed by atoms with E-state index in [1.807, 2.05) is 19.9 Å². The van der Waals surface area contributed by atoms with Crippen LogP contribution in [0.2, 0.25) is 0 Å². The van der Waals surface area contributed by atoms with Crippen molar-refractivity contribution in [1.29, 1.82) is 0 Å². The van der Waals surface area contributed by atoms with Crippen LogP contribution in [0.25, 0.3) is 5.82 Å². The molecule has 1 saturated heterocycles. The molecule has 0 saturated carbocycles. The number of rotatable bonds is 7. The van der Waals surface area contributed by atoms with Crippen LogP contribution < -0.4 is 5.32 Å². The Balaban J connectivity index is 1.16. The summed E-state index contributed by atoms with van der Waals surface area (Å²) in [5.41, 5.74) is 3.24. The van der Waals surface area contributed by atoms with Crippen molar-refractivity contribution in [2.75, 3.05) is 18.4 Å². The molecule has 3 aromatic heterocycles. The lowest BCUT2D eigenvalue weighted by atomic mass is 9.97. The molecule has 39 heavy (non-hydrogen) atoms. The molecule has 1 N–H and O–H groups in total. The molecule has 0 atom stereocenters. The van der Waals surface area contributed by atoms with Crippen LogP contribution in [-0.2, 0) is 11.2 Å². The number of aryl methyl sites for hydroxylation is 3. The Bertz CT molecular complexity index is 1510. The van der Waals surface area contributed by atoms with E-state index in [-0.39, 0.29) is 24.2 Å². The van der Waals surface area contributed by atoms with Gasteiger partial charge >= 0.3 is 0 Å². The average molecular weight is 551 g/mol. The molecule has 1 aromatic carbocycles. The second-order valence-electron chi connectivity index (χ2n) is 9.64. The number of aromatic nitrogens is 4. The second-order valence-corrected chi connectivity index (χ2v) is 10.5. The van der Waals surface area contributed by atoms with E-state index < -0.39 is 11.6 Å². The number of benzene rings is 1. The van der Waals surface area contributed by atoms with E-state index in [0.717, 1.165) is 41.4 Å². The van der Waals surface area contributed by atoms with Crippen LogP contribution >= 0.6 is 11.3 Å². The normalized spacial score (nSPS) is 14.0. The Morgan fingerprint density at radius 3 is 2.62 bits per heavy atom. The predicted molar refractivity (Wildman–Crippen MR) is 144 cm³/mol. The van der Waals surface area contributed by atoms with Crippen molar-refractivity contribution in [3.8, 4) is 5.82 Å². The highest BCUT2D eigenvalue weighted by Crippen LogP contribution is 2.31. The van der Waals surface area contributed by atoms with Gasteiger partial charge in [0.15, 0.2) is 17.5 Å². The molecule has 2 amide bonds. The monoisotopic (exact) mass is 550 g/mol. The van der Waals surface area contributed by atoms with Gasteiger partial charge in [0, 0.05) is 42.7 Å². The lowest BCUT2D eigenvalue weighted by Gasteiger charge is -2.31. The fraction of sp³-hybridized carbons (Fsp3) is 0.321. The summed E-state index contributed by atoms with van der Waals surface area (Å²) in [7, 11) is 0. The van der Waals surface area contributed by atoms with Crippen molar-refractivity contribution in [3.05, 3.63) is 87.3 Å². The summed E-state index contributed by atoms with van der Waals surface area (Å²) in [6.45, 7) is 5.00. The molecular formula is C28H28F2N6O2S. The summed E-state index contributed by atoms with van der Waals surface area (Å²) in [5.74, 6) is -1.42. The number of piperidine rings is 1. The molecule has 5 rings (SSSR count). The van der Waals surface area contributed by atoms with Crippen molar-refractivity contribution in [1.82, 2.24) is 24.6 Å². The summed E-state index contributed by atoms with van der Waals surface area (Å²) in [6.07, 6.45) is 3.75. The number of amides is 2. The molecule has 4 heterocycles. The van der Waals surface area contributed by atoms with Crippen LogP contribution in [0.5, 0.6) is 0 Å². The zero-order chi connectivity index (χ0) is 27.5. The summed E-state index contributed by atoms with van der Waals surface area (Å²) < 4.78 is 28.2. The van der Waals surface area contributed by atoms with Crippen LogP contribution in [0.15, 0.2) is 48.0 Å². The lowest BCUT2D eigenvalue weighted by molar-refractivity contribution is -0.132. The Morgan fingerprint density at radius 1 is 1.10 bits per heavy atom. The average Bonchev–Trinajstić information content (AvgIpc) is 3.56. The number of nitrogens with one attached hydrogen (secondary N) is 1. The first kappa shape index (κ1) is 26.6. The molecule has 4 aromatic rings. The number of likely N-dealkylation sites (tertiary alicyclic amines) is 1. The molecule has 8 nitrogen and oxygen atoms in total. The lowest BCUT2D eigenvalue weighted by Crippen LogP contribution is -2.38. The predicted octanol–water partition coefficient (Wildman–Crippen LogP) is 5.21. The Kier molecular flexibility index (Phi) is 7.78. The van der Waals surface area contributed by atoms with Gasteiger partial charge in [0.25, 0.3) is 5.91 Å². The van der Waals surface area contributed by atoms with Crippen molar-refractivity contribution >= 4 is 28.8 Å². The minimum atomic E-state index is -0.902. The third-order valence-electron chi connectivity index (χ3n) is 6.81. The van der Waals surface area contributed by atoms with Gasteiger partial charge in [0.2, 0.25) is 5.91 Å². The molecule has 1 aliphatic rings. The summed E-state index contributed by atoms with van der Waals surface area (Å²) in [4.78, 5) is 36.5. The van der Waals surface area contributed by atoms with Crippen molar-refractivity contribution in [2.45, 2.75) is 45.4 Å². The quantitative estimate of drug-likeness (QED) is 0.341. The molecule has 0 bridgehead atoms. The third kappa shape index (κ3) is 6.03. The number of anilines is 1. The molecule has 0 aliphatic carbocycles. The molecule has 0 spiro atoms. The summed E-state index contributed by atoms with van der Waals surface area (Å²) in [5, 5.41) is 10.0. The number of hydrogen-bond acceptors (Lipinski definition) is 6.